The molecule has 7 heteroatoms. The average molecular weight is 298 g/mol. The molecule has 0 fully saturated rings. The minimum Gasteiger partial charge on any atom is -0.378 e. The number of carbonyl (C=O) groups is 1. The summed E-state index contributed by atoms with van der Waals surface area (Å²) >= 11 is 0. The van der Waals surface area contributed by atoms with Crippen molar-refractivity contribution in [1.29, 1.82) is 0 Å². The van der Waals surface area contributed by atoms with E-state index in [1.54, 1.807) is 0 Å². The molecule has 20 heavy (non-hydrogen) atoms. The van der Waals surface area contributed by atoms with Crippen molar-refractivity contribution >= 4 is 16.4 Å². The summed E-state index contributed by atoms with van der Waals surface area (Å²) < 4.78 is 54.7. The first-order valence-electron chi connectivity index (χ1n) is 5.38. The van der Waals surface area contributed by atoms with Crippen LogP contribution in [0.5, 0.6) is 5.75 Å². The van der Waals surface area contributed by atoms with Crippen molar-refractivity contribution in [3.8, 4) is 5.75 Å². The molecule has 0 N–H and O–H groups in total. The molecule has 0 bridgehead atoms. The molecule has 0 spiro atoms. The van der Waals surface area contributed by atoms with E-state index in [0.29, 0.717) is 12.4 Å². The average Bonchev–Trinajstić information content (AvgIpc) is 2.38. The van der Waals surface area contributed by atoms with E-state index in [9.17, 15) is 22.0 Å². The van der Waals surface area contributed by atoms with Crippen LogP contribution in [0.15, 0.2) is 47.4 Å². The first-order chi connectivity index (χ1) is 9.44. The Bertz CT molecular complexity index is 757. The van der Waals surface area contributed by atoms with E-state index >= 15 is 0 Å². The SMILES string of the molecule is O=Cc1ccccc1OS(=O)(=O)c1ccc(F)cc1F. The first kappa shape index (κ1) is 14.1. The van der Waals surface area contributed by atoms with Crippen LogP contribution < -0.4 is 4.18 Å². The lowest BCUT2D eigenvalue weighted by molar-refractivity contribution is 0.112. The van der Waals surface area contributed by atoms with Crippen molar-refractivity contribution < 1.29 is 26.2 Å². The van der Waals surface area contributed by atoms with Crippen molar-refractivity contribution in [3.63, 3.8) is 0 Å². The fraction of sp³-hybridized carbons (Fsp3) is 0. The maximum atomic E-state index is 13.5. The second-order valence-electron chi connectivity index (χ2n) is 3.77. The van der Waals surface area contributed by atoms with Gasteiger partial charge in [0.15, 0.2) is 12.0 Å². The van der Waals surface area contributed by atoms with Crippen molar-refractivity contribution in [2.45, 2.75) is 4.90 Å². The Kier molecular flexibility index (Phi) is 3.80. The quantitative estimate of drug-likeness (QED) is 0.643. The highest BCUT2D eigenvalue weighted by atomic mass is 32.2. The lowest BCUT2D eigenvalue weighted by Crippen LogP contribution is -2.12. The molecule has 0 saturated heterocycles. The van der Waals surface area contributed by atoms with Gasteiger partial charge in [0.2, 0.25) is 0 Å². The summed E-state index contributed by atoms with van der Waals surface area (Å²) in [6, 6.07) is 7.55. The van der Waals surface area contributed by atoms with E-state index < -0.39 is 26.6 Å². The number of aldehydes is 1. The highest BCUT2D eigenvalue weighted by Gasteiger charge is 2.22. The van der Waals surface area contributed by atoms with Gasteiger partial charge < -0.3 is 4.18 Å². The van der Waals surface area contributed by atoms with Crippen LogP contribution in [0.25, 0.3) is 0 Å². The van der Waals surface area contributed by atoms with E-state index in [1.807, 2.05) is 0 Å². The molecule has 104 valence electrons. The summed E-state index contributed by atoms with van der Waals surface area (Å²) in [5.74, 6) is -2.41. The molecular weight excluding hydrogens is 290 g/mol. The largest absolute Gasteiger partial charge is 0.378 e. The summed E-state index contributed by atoms with van der Waals surface area (Å²) in [5, 5.41) is 0. The molecule has 0 radical (unpaired) electrons. The summed E-state index contributed by atoms with van der Waals surface area (Å²) in [6.45, 7) is 0. The van der Waals surface area contributed by atoms with Gasteiger partial charge in [-0.25, -0.2) is 8.78 Å². The molecule has 2 aromatic rings. The van der Waals surface area contributed by atoms with E-state index in [2.05, 4.69) is 0 Å². The van der Waals surface area contributed by atoms with Gasteiger partial charge in [-0.05, 0) is 24.3 Å². The number of hydrogen-bond donors (Lipinski definition) is 0. The Morgan fingerprint density at radius 2 is 1.75 bits per heavy atom. The maximum Gasteiger partial charge on any atom is 0.342 e. The lowest BCUT2D eigenvalue weighted by atomic mass is 10.2. The summed E-state index contributed by atoms with van der Waals surface area (Å²) in [5.41, 5.74) is -0.00130. The molecule has 0 amide bonds. The Morgan fingerprint density at radius 3 is 2.40 bits per heavy atom. The van der Waals surface area contributed by atoms with Crippen molar-refractivity contribution in [1.82, 2.24) is 0 Å². The Hall–Kier alpha value is -2.28. The Labute approximate surface area is 113 Å². The predicted octanol–water partition coefficient (Wildman–Crippen LogP) is 2.55. The zero-order chi connectivity index (χ0) is 14.8. The van der Waals surface area contributed by atoms with Crippen molar-refractivity contribution in [2.24, 2.45) is 0 Å². The molecule has 0 aliphatic heterocycles. The first-order valence-corrected chi connectivity index (χ1v) is 6.78. The highest BCUT2D eigenvalue weighted by molar-refractivity contribution is 7.87. The minimum absolute atomic E-state index is 0.00130. The van der Waals surface area contributed by atoms with Crippen LogP contribution in [-0.4, -0.2) is 14.7 Å². The third-order valence-electron chi connectivity index (χ3n) is 2.41. The molecule has 2 aromatic carbocycles. The molecule has 2 rings (SSSR count). The van der Waals surface area contributed by atoms with Gasteiger partial charge in [-0.3, -0.25) is 4.79 Å². The predicted molar refractivity (Wildman–Crippen MR) is 66.0 cm³/mol. The number of halogens is 2. The third-order valence-corrected chi connectivity index (χ3v) is 3.68. The van der Waals surface area contributed by atoms with Gasteiger partial charge >= 0.3 is 10.1 Å². The zero-order valence-electron chi connectivity index (χ0n) is 9.92. The van der Waals surface area contributed by atoms with E-state index in [-0.39, 0.29) is 11.3 Å². The van der Waals surface area contributed by atoms with Gasteiger partial charge in [0.25, 0.3) is 0 Å². The summed E-state index contributed by atoms with van der Waals surface area (Å²) in [7, 11) is -4.49. The zero-order valence-corrected chi connectivity index (χ0v) is 10.7. The Morgan fingerprint density at radius 1 is 1.05 bits per heavy atom. The summed E-state index contributed by atoms with van der Waals surface area (Å²) in [4.78, 5) is 9.96. The van der Waals surface area contributed by atoms with Crippen LogP contribution in [0.4, 0.5) is 8.78 Å². The topological polar surface area (TPSA) is 60.4 Å². The van der Waals surface area contributed by atoms with Crippen LogP contribution in [0, 0.1) is 11.6 Å². The van der Waals surface area contributed by atoms with E-state index in [0.717, 1.165) is 12.1 Å². The second kappa shape index (κ2) is 5.38. The molecule has 0 heterocycles. The van der Waals surface area contributed by atoms with Gasteiger partial charge in [0, 0.05) is 6.07 Å². The molecule has 0 unspecified atom stereocenters. The van der Waals surface area contributed by atoms with Gasteiger partial charge in [0.05, 0.1) is 5.56 Å². The number of rotatable bonds is 4. The molecule has 0 aliphatic rings. The van der Waals surface area contributed by atoms with Crippen LogP contribution in [-0.2, 0) is 10.1 Å². The van der Waals surface area contributed by atoms with Gasteiger partial charge in [0.1, 0.15) is 16.5 Å². The standard InChI is InChI=1S/C13H8F2O4S/c14-10-5-6-13(11(15)7-10)20(17,18)19-12-4-2-1-3-9(12)8-16/h1-8H. The van der Waals surface area contributed by atoms with Crippen LogP contribution in [0.2, 0.25) is 0 Å². The van der Waals surface area contributed by atoms with E-state index in [4.69, 9.17) is 4.18 Å². The third kappa shape index (κ3) is 2.83. The van der Waals surface area contributed by atoms with Crippen LogP contribution in [0.1, 0.15) is 10.4 Å². The minimum atomic E-state index is -4.49. The number of benzene rings is 2. The van der Waals surface area contributed by atoms with Gasteiger partial charge in [-0.1, -0.05) is 12.1 Å². The molecule has 0 saturated carbocycles. The molecule has 0 aliphatic carbocycles. The molecule has 4 nitrogen and oxygen atoms in total. The molecule has 0 aromatic heterocycles. The second-order valence-corrected chi connectivity index (χ2v) is 5.28. The monoisotopic (exact) mass is 298 g/mol. The number of para-hydroxylation sites is 1. The lowest BCUT2D eigenvalue weighted by Gasteiger charge is -2.09. The molecule has 0 atom stereocenters. The van der Waals surface area contributed by atoms with Crippen LogP contribution in [0.3, 0.4) is 0 Å². The molecular formula is C13H8F2O4S. The summed E-state index contributed by atoms with van der Waals surface area (Å²) in [6.07, 6.45) is 0.409. The Balaban J connectivity index is 2.43. The van der Waals surface area contributed by atoms with Crippen molar-refractivity contribution in [3.05, 3.63) is 59.7 Å². The normalized spacial score (nSPS) is 11.1. The smallest absolute Gasteiger partial charge is 0.342 e. The fourth-order valence-electron chi connectivity index (χ4n) is 1.49. The number of carbonyl (C=O) groups excluding carboxylic acids is 1. The number of hydrogen-bond acceptors (Lipinski definition) is 4. The van der Waals surface area contributed by atoms with E-state index in [1.165, 1.54) is 24.3 Å². The van der Waals surface area contributed by atoms with Gasteiger partial charge in [-0.15, -0.1) is 0 Å². The van der Waals surface area contributed by atoms with Crippen LogP contribution >= 0.6 is 0 Å². The van der Waals surface area contributed by atoms with Crippen molar-refractivity contribution in [2.75, 3.05) is 0 Å². The highest BCUT2D eigenvalue weighted by Crippen LogP contribution is 2.23. The maximum absolute atomic E-state index is 13.5. The van der Waals surface area contributed by atoms with Gasteiger partial charge in [-0.2, -0.15) is 8.42 Å². The fourth-order valence-corrected chi connectivity index (χ4v) is 2.51.